The van der Waals surface area contributed by atoms with E-state index in [2.05, 4.69) is 10.4 Å². The lowest BCUT2D eigenvalue weighted by molar-refractivity contribution is -0.117. The molecule has 7 heteroatoms. The molecule has 7 nitrogen and oxygen atoms in total. The highest BCUT2D eigenvalue weighted by Crippen LogP contribution is 2.27. The van der Waals surface area contributed by atoms with E-state index in [4.69, 9.17) is 4.74 Å². The minimum Gasteiger partial charge on any atom is -0.497 e. The van der Waals surface area contributed by atoms with E-state index < -0.39 is 11.9 Å². The van der Waals surface area contributed by atoms with Crippen LogP contribution < -0.4 is 10.1 Å². The Morgan fingerprint density at radius 3 is 2.50 bits per heavy atom. The number of aromatic nitrogens is 2. The van der Waals surface area contributed by atoms with Gasteiger partial charge in [0, 0.05) is 18.3 Å². The van der Waals surface area contributed by atoms with Gasteiger partial charge in [-0.2, -0.15) is 5.10 Å². The number of benzene rings is 1. The molecule has 0 bridgehead atoms. The molecule has 0 spiro atoms. The fourth-order valence-corrected chi connectivity index (χ4v) is 2.73. The summed E-state index contributed by atoms with van der Waals surface area (Å²) in [5.74, 6) is -1.47. The highest BCUT2D eigenvalue weighted by molar-refractivity contribution is 6.02. The molecule has 1 atom stereocenters. The van der Waals surface area contributed by atoms with Gasteiger partial charge >= 0.3 is 5.97 Å². The number of ether oxygens (including phenoxy) is 1. The topological polar surface area (TPSA) is 93.5 Å². The van der Waals surface area contributed by atoms with Gasteiger partial charge in [0.15, 0.2) is 0 Å². The molecule has 2 aromatic rings. The van der Waals surface area contributed by atoms with Crippen molar-refractivity contribution in [2.75, 3.05) is 12.4 Å². The Bertz CT molecular complexity index is 795. The van der Waals surface area contributed by atoms with Crippen LogP contribution in [0.4, 0.5) is 5.69 Å². The van der Waals surface area contributed by atoms with Crippen molar-refractivity contribution in [3.63, 3.8) is 0 Å². The Kier molecular flexibility index (Phi) is 4.92. The van der Waals surface area contributed by atoms with E-state index in [1.807, 2.05) is 20.9 Å². The van der Waals surface area contributed by atoms with Crippen molar-refractivity contribution < 1.29 is 19.4 Å². The fourth-order valence-electron chi connectivity index (χ4n) is 2.73. The molecular formula is C17H21N3O4. The zero-order valence-corrected chi connectivity index (χ0v) is 14.4. The number of amides is 1. The maximum absolute atomic E-state index is 12.6. The molecule has 0 saturated carbocycles. The van der Waals surface area contributed by atoms with Crippen LogP contribution in [-0.4, -0.2) is 33.9 Å². The summed E-state index contributed by atoms with van der Waals surface area (Å²) in [4.78, 5) is 24.0. The Balaban J connectivity index is 2.31. The Morgan fingerprint density at radius 1 is 1.33 bits per heavy atom. The summed E-state index contributed by atoms with van der Waals surface area (Å²) >= 11 is 0. The molecule has 1 unspecified atom stereocenters. The highest BCUT2D eigenvalue weighted by Gasteiger charge is 2.24. The van der Waals surface area contributed by atoms with Crippen molar-refractivity contribution >= 4 is 17.6 Å². The summed E-state index contributed by atoms with van der Waals surface area (Å²) in [5, 5.41) is 16.3. The third-order valence-corrected chi connectivity index (χ3v) is 4.11. The SMILES string of the molecule is COc1ccc(NC(=O)C(C)c2c(C)nn(C)c2C)c(C(=O)O)c1. The zero-order valence-electron chi connectivity index (χ0n) is 14.4. The van der Waals surface area contributed by atoms with Gasteiger partial charge in [0.05, 0.1) is 30.0 Å². The molecule has 24 heavy (non-hydrogen) atoms. The smallest absolute Gasteiger partial charge is 0.337 e. The first-order valence-electron chi connectivity index (χ1n) is 7.48. The van der Waals surface area contributed by atoms with Gasteiger partial charge in [-0.15, -0.1) is 0 Å². The average molecular weight is 331 g/mol. The van der Waals surface area contributed by atoms with Crippen molar-refractivity contribution in [1.29, 1.82) is 0 Å². The number of hydrogen-bond acceptors (Lipinski definition) is 4. The number of aromatic carboxylic acids is 1. The van der Waals surface area contributed by atoms with E-state index in [-0.39, 0.29) is 17.2 Å². The fraction of sp³-hybridized carbons (Fsp3) is 0.353. The van der Waals surface area contributed by atoms with Crippen LogP contribution in [-0.2, 0) is 11.8 Å². The van der Waals surface area contributed by atoms with Gasteiger partial charge < -0.3 is 15.2 Å². The van der Waals surface area contributed by atoms with Gasteiger partial charge in [0.2, 0.25) is 5.91 Å². The summed E-state index contributed by atoms with van der Waals surface area (Å²) in [6, 6.07) is 4.51. The summed E-state index contributed by atoms with van der Waals surface area (Å²) < 4.78 is 6.76. The summed E-state index contributed by atoms with van der Waals surface area (Å²) in [6.07, 6.45) is 0. The number of hydrogen-bond donors (Lipinski definition) is 2. The highest BCUT2D eigenvalue weighted by atomic mass is 16.5. The number of methoxy groups -OCH3 is 1. The van der Waals surface area contributed by atoms with Crippen molar-refractivity contribution in [3.05, 3.63) is 40.7 Å². The first kappa shape index (κ1) is 17.5. The Labute approximate surface area is 140 Å². The molecule has 2 N–H and O–H groups in total. The number of carbonyl (C=O) groups is 2. The first-order chi connectivity index (χ1) is 11.3. The maximum Gasteiger partial charge on any atom is 0.337 e. The lowest BCUT2D eigenvalue weighted by Crippen LogP contribution is -2.21. The van der Waals surface area contributed by atoms with Gasteiger partial charge in [-0.3, -0.25) is 9.48 Å². The number of carbonyl (C=O) groups excluding carboxylic acids is 1. The first-order valence-corrected chi connectivity index (χ1v) is 7.48. The van der Waals surface area contributed by atoms with Gasteiger partial charge in [-0.1, -0.05) is 0 Å². The lowest BCUT2D eigenvalue weighted by atomic mass is 9.98. The van der Waals surface area contributed by atoms with Crippen molar-refractivity contribution in [1.82, 2.24) is 9.78 Å². The predicted octanol–water partition coefficient (Wildman–Crippen LogP) is 2.49. The molecule has 1 aromatic heterocycles. The summed E-state index contributed by atoms with van der Waals surface area (Å²) in [6.45, 7) is 5.52. The molecular weight excluding hydrogens is 310 g/mol. The van der Waals surface area contributed by atoms with Gasteiger partial charge in [0.25, 0.3) is 0 Å². The van der Waals surface area contributed by atoms with Crippen molar-refractivity contribution in [3.8, 4) is 5.75 Å². The molecule has 1 heterocycles. The number of carboxylic acids is 1. The lowest BCUT2D eigenvalue weighted by Gasteiger charge is -2.15. The molecule has 0 radical (unpaired) electrons. The minimum atomic E-state index is -1.13. The molecule has 1 aromatic carbocycles. The van der Waals surface area contributed by atoms with Crippen LogP contribution >= 0.6 is 0 Å². The van der Waals surface area contributed by atoms with Crippen molar-refractivity contribution in [2.24, 2.45) is 7.05 Å². The quantitative estimate of drug-likeness (QED) is 0.878. The number of nitrogens with one attached hydrogen (secondary N) is 1. The number of anilines is 1. The minimum absolute atomic E-state index is 0.0190. The monoisotopic (exact) mass is 331 g/mol. The number of aryl methyl sites for hydroxylation is 2. The third kappa shape index (κ3) is 3.24. The largest absolute Gasteiger partial charge is 0.497 e. The normalized spacial score (nSPS) is 11.9. The van der Waals surface area contributed by atoms with Gasteiger partial charge in [-0.05, 0) is 39.0 Å². The Hall–Kier alpha value is -2.83. The summed E-state index contributed by atoms with van der Waals surface area (Å²) in [5.41, 5.74) is 2.75. The van der Waals surface area contributed by atoms with E-state index in [1.54, 1.807) is 17.7 Å². The van der Waals surface area contributed by atoms with Crippen LogP contribution in [0.5, 0.6) is 5.75 Å². The van der Waals surface area contributed by atoms with Crippen LogP contribution in [0.1, 0.15) is 40.2 Å². The summed E-state index contributed by atoms with van der Waals surface area (Å²) in [7, 11) is 3.28. The van der Waals surface area contributed by atoms with Gasteiger partial charge in [0.1, 0.15) is 5.75 Å². The predicted molar refractivity (Wildman–Crippen MR) is 89.7 cm³/mol. The van der Waals surface area contributed by atoms with E-state index in [1.165, 1.54) is 19.2 Å². The maximum atomic E-state index is 12.6. The van der Waals surface area contributed by atoms with E-state index >= 15 is 0 Å². The second-order valence-corrected chi connectivity index (χ2v) is 5.64. The molecule has 128 valence electrons. The second kappa shape index (κ2) is 6.74. The van der Waals surface area contributed by atoms with Crippen LogP contribution in [0.15, 0.2) is 18.2 Å². The second-order valence-electron chi connectivity index (χ2n) is 5.64. The molecule has 1 amide bonds. The Morgan fingerprint density at radius 2 is 2.00 bits per heavy atom. The molecule has 0 aliphatic rings. The molecule has 0 fully saturated rings. The van der Waals surface area contributed by atoms with Crippen LogP contribution in [0.25, 0.3) is 0 Å². The molecule has 2 rings (SSSR count). The van der Waals surface area contributed by atoms with Crippen molar-refractivity contribution in [2.45, 2.75) is 26.7 Å². The van der Waals surface area contributed by atoms with Gasteiger partial charge in [-0.25, -0.2) is 4.79 Å². The van der Waals surface area contributed by atoms with E-state index in [0.29, 0.717) is 5.75 Å². The molecule has 0 saturated heterocycles. The van der Waals surface area contributed by atoms with E-state index in [9.17, 15) is 14.7 Å². The third-order valence-electron chi connectivity index (χ3n) is 4.11. The van der Waals surface area contributed by atoms with E-state index in [0.717, 1.165) is 17.0 Å². The average Bonchev–Trinajstić information content (AvgIpc) is 2.79. The standard InChI is InChI=1S/C17H21N3O4/c1-9(15-10(2)19-20(4)11(15)3)16(21)18-14-7-6-12(24-5)8-13(14)17(22)23/h6-9H,1-5H3,(H,18,21)(H,22,23). The van der Waals surface area contributed by atoms with Crippen LogP contribution in [0.2, 0.25) is 0 Å². The molecule has 0 aliphatic heterocycles. The number of carboxylic acid groups (broad SMARTS) is 1. The number of rotatable bonds is 5. The molecule has 0 aliphatic carbocycles. The van der Waals surface area contributed by atoms with Crippen LogP contribution in [0.3, 0.4) is 0 Å². The van der Waals surface area contributed by atoms with Crippen LogP contribution in [0, 0.1) is 13.8 Å². The zero-order chi connectivity index (χ0) is 18.0. The number of nitrogens with zero attached hydrogens (tertiary/aromatic N) is 2.